The van der Waals surface area contributed by atoms with Crippen molar-refractivity contribution in [1.82, 2.24) is 4.57 Å². The van der Waals surface area contributed by atoms with E-state index in [-0.39, 0.29) is 12.2 Å². The van der Waals surface area contributed by atoms with Gasteiger partial charge in [0.05, 0.1) is 22.2 Å². The maximum atomic E-state index is 13.2. The van der Waals surface area contributed by atoms with Crippen molar-refractivity contribution < 1.29 is 14.3 Å². The Hall–Kier alpha value is -3.05. The van der Waals surface area contributed by atoms with Crippen LogP contribution in [0, 0.1) is 25.2 Å². The van der Waals surface area contributed by atoms with Crippen molar-refractivity contribution in [2.45, 2.75) is 46.5 Å². The van der Waals surface area contributed by atoms with Crippen molar-refractivity contribution in [1.29, 1.82) is 5.26 Å². The summed E-state index contributed by atoms with van der Waals surface area (Å²) in [5.41, 5.74) is 4.60. The fraction of sp³-hybridized carbons (Fsp3) is 0.296. The molecular weight excluding hydrogens is 517 g/mol. The molecular formula is C27H25Cl2N3O3S. The van der Waals surface area contributed by atoms with Crippen LogP contribution < -0.4 is 5.32 Å². The lowest BCUT2D eigenvalue weighted by Gasteiger charge is -2.12. The second-order valence-electron chi connectivity index (χ2n) is 8.52. The SMILES string of the molecule is CCOC(=O)c1c(NC(=O)/C(C#N)=C/c2cc(C)n(-c3ccc(Cl)c(Cl)c3)c2C)sc2c1CCCC2. The van der Waals surface area contributed by atoms with Gasteiger partial charge in [-0.25, -0.2) is 4.79 Å². The van der Waals surface area contributed by atoms with E-state index in [2.05, 4.69) is 5.32 Å². The second kappa shape index (κ2) is 10.9. The normalized spacial score (nSPS) is 13.2. The molecule has 186 valence electrons. The molecule has 3 aromatic rings. The summed E-state index contributed by atoms with van der Waals surface area (Å²) in [6.45, 7) is 5.83. The van der Waals surface area contributed by atoms with Gasteiger partial charge >= 0.3 is 5.97 Å². The molecule has 1 amide bonds. The molecule has 1 aliphatic carbocycles. The number of nitriles is 1. The molecule has 36 heavy (non-hydrogen) atoms. The molecule has 0 atom stereocenters. The maximum Gasteiger partial charge on any atom is 0.341 e. The van der Waals surface area contributed by atoms with Crippen molar-refractivity contribution in [3.05, 3.63) is 72.8 Å². The fourth-order valence-electron chi connectivity index (χ4n) is 4.50. The number of hydrogen-bond donors (Lipinski definition) is 1. The summed E-state index contributed by atoms with van der Waals surface area (Å²) in [5, 5.41) is 14.0. The number of benzene rings is 1. The van der Waals surface area contributed by atoms with Crippen molar-refractivity contribution in [3.8, 4) is 11.8 Å². The monoisotopic (exact) mass is 541 g/mol. The fourth-order valence-corrected chi connectivity index (χ4v) is 6.07. The Balaban J connectivity index is 1.67. The van der Waals surface area contributed by atoms with E-state index >= 15 is 0 Å². The summed E-state index contributed by atoms with van der Waals surface area (Å²) in [6, 6.07) is 9.26. The third-order valence-electron chi connectivity index (χ3n) is 6.17. The van der Waals surface area contributed by atoms with Crippen molar-refractivity contribution >= 4 is 57.5 Å². The Bertz CT molecular complexity index is 1430. The highest BCUT2D eigenvalue weighted by Crippen LogP contribution is 2.39. The molecule has 2 aromatic heterocycles. The molecule has 0 aliphatic heterocycles. The summed E-state index contributed by atoms with van der Waals surface area (Å²) < 4.78 is 7.24. The topological polar surface area (TPSA) is 84.1 Å². The van der Waals surface area contributed by atoms with Crippen LogP contribution in [-0.4, -0.2) is 23.1 Å². The number of esters is 1. The van der Waals surface area contributed by atoms with Gasteiger partial charge in [-0.05, 0) is 87.9 Å². The molecule has 1 N–H and O–H groups in total. The minimum atomic E-state index is -0.569. The van der Waals surface area contributed by atoms with Gasteiger partial charge in [-0.3, -0.25) is 4.79 Å². The zero-order chi connectivity index (χ0) is 26.0. The van der Waals surface area contributed by atoms with E-state index in [1.165, 1.54) is 11.3 Å². The maximum absolute atomic E-state index is 13.2. The predicted molar refractivity (Wildman–Crippen MR) is 144 cm³/mol. The lowest BCUT2D eigenvalue weighted by molar-refractivity contribution is -0.112. The average molecular weight is 542 g/mol. The number of thiophene rings is 1. The smallest absolute Gasteiger partial charge is 0.341 e. The Morgan fingerprint density at radius 2 is 1.94 bits per heavy atom. The van der Waals surface area contributed by atoms with Crippen LogP contribution in [0.1, 0.15) is 57.5 Å². The zero-order valence-electron chi connectivity index (χ0n) is 20.2. The number of aryl methyl sites for hydroxylation is 2. The molecule has 9 heteroatoms. The Labute approximate surface area is 224 Å². The highest BCUT2D eigenvalue weighted by Gasteiger charge is 2.28. The summed E-state index contributed by atoms with van der Waals surface area (Å²) >= 11 is 13.7. The van der Waals surface area contributed by atoms with Crippen LogP contribution in [0.15, 0.2) is 29.8 Å². The second-order valence-corrected chi connectivity index (χ2v) is 10.4. The number of nitrogens with one attached hydrogen (secondary N) is 1. The van der Waals surface area contributed by atoms with E-state index in [9.17, 15) is 14.9 Å². The first kappa shape index (κ1) is 26.0. The average Bonchev–Trinajstić information content (AvgIpc) is 3.35. The highest BCUT2D eigenvalue weighted by atomic mass is 35.5. The molecule has 0 radical (unpaired) electrons. The van der Waals surface area contributed by atoms with Crippen LogP contribution in [0.3, 0.4) is 0 Å². The van der Waals surface area contributed by atoms with Crippen LogP contribution in [0.4, 0.5) is 5.00 Å². The molecule has 4 rings (SSSR count). The number of rotatable bonds is 6. The van der Waals surface area contributed by atoms with Gasteiger partial charge in [-0.1, -0.05) is 23.2 Å². The first-order chi connectivity index (χ1) is 17.2. The van der Waals surface area contributed by atoms with Crippen molar-refractivity contribution in [3.63, 3.8) is 0 Å². The van der Waals surface area contributed by atoms with Gasteiger partial charge in [0.2, 0.25) is 0 Å². The summed E-state index contributed by atoms with van der Waals surface area (Å²) in [6.07, 6.45) is 5.23. The van der Waals surface area contributed by atoms with Gasteiger partial charge in [0, 0.05) is 22.0 Å². The Kier molecular flexibility index (Phi) is 7.89. The number of fused-ring (bicyclic) bond motifs is 1. The number of carbonyl (C=O) groups is 2. The lowest BCUT2D eigenvalue weighted by atomic mass is 9.95. The molecule has 1 aliphatic rings. The first-order valence-corrected chi connectivity index (χ1v) is 13.2. The Morgan fingerprint density at radius 3 is 2.64 bits per heavy atom. The van der Waals surface area contributed by atoms with E-state index in [0.29, 0.717) is 20.6 Å². The molecule has 0 fully saturated rings. The van der Waals surface area contributed by atoms with Crippen molar-refractivity contribution in [2.75, 3.05) is 11.9 Å². The van der Waals surface area contributed by atoms with Crippen LogP contribution in [0.2, 0.25) is 10.0 Å². The molecule has 0 saturated carbocycles. The minimum Gasteiger partial charge on any atom is -0.462 e. The molecule has 0 saturated heterocycles. The van der Waals surface area contributed by atoms with E-state index in [0.717, 1.165) is 58.8 Å². The number of hydrogen-bond acceptors (Lipinski definition) is 5. The summed E-state index contributed by atoms with van der Waals surface area (Å²) in [5.74, 6) is -1.01. The van der Waals surface area contributed by atoms with E-state index in [4.69, 9.17) is 27.9 Å². The standard InChI is InChI=1S/C27H25Cl2N3O3S/c1-4-35-27(34)24-20-7-5-6-8-23(20)36-26(24)31-25(33)18(14-30)12-17-11-15(2)32(16(17)3)19-9-10-21(28)22(29)13-19/h9-13H,4-8H2,1-3H3,(H,31,33)/b18-12+. The molecule has 6 nitrogen and oxygen atoms in total. The molecule has 2 heterocycles. The Morgan fingerprint density at radius 1 is 1.19 bits per heavy atom. The lowest BCUT2D eigenvalue weighted by Crippen LogP contribution is -2.16. The predicted octanol–water partition coefficient (Wildman–Crippen LogP) is 7.06. The quantitative estimate of drug-likeness (QED) is 0.205. The number of anilines is 1. The number of amides is 1. The van der Waals surface area contributed by atoms with Gasteiger partial charge < -0.3 is 14.6 Å². The van der Waals surface area contributed by atoms with Gasteiger partial charge in [0.25, 0.3) is 5.91 Å². The highest BCUT2D eigenvalue weighted by molar-refractivity contribution is 7.17. The van der Waals surface area contributed by atoms with Gasteiger partial charge in [-0.15, -0.1) is 11.3 Å². The van der Waals surface area contributed by atoms with Crippen LogP contribution in [0.25, 0.3) is 11.8 Å². The van der Waals surface area contributed by atoms with Gasteiger partial charge in [0.1, 0.15) is 16.6 Å². The van der Waals surface area contributed by atoms with Crippen LogP contribution in [-0.2, 0) is 22.4 Å². The van der Waals surface area contributed by atoms with Crippen molar-refractivity contribution in [2.24, 2.45) is 0 Å². The minimum absolute atomic E-state index is 0.0643. The zero-order valence-corrected chi connectivity index (χ0v) is 22.5. The number of aromatic nitrogens is 1. The number of ether oxygens (including phenoxy) is 1. The third-order valence-corrected chi connectivity index (χ3v) is 8.12. The largest absolute Gasteiger partial charge is 0.462 e. The van der Waals surface area contributed by atoms with Gasteiger partial charge in [-0.2, -0.15) is 5.26 Å². The number of nitrogens with zero attached hydrogens (tertiary/aromatic N) is 2. The van der Waals surface area contributed by atoms with Crippen LogP contribution in [0.5, 0.6) is 0 Å². The molecule has 0 bridgehead atoms. The van der Waals surface area contributed by atoms with E-state index in [1.54, 1.807) is 25.1 Å². The van der Waals surface area contributed by atoms with Gasteiger partial charge in [0.15, 0.2) is 0 Å². The molecule has 1 aromatic carbocycles. The van der Waals surface area contributed by atoms with E-state index in [1.807, 2.05) is 36.6 Å². The van der Waals surface area contributed by atoms with Crippen LogP contribution >= 0.6 is 34.5 Å². The molecule has 0 unspecified atom stereocenters. The third kappa shape index (κ3) is 5.08. The van der Waals surface area contributed by atoms with E-state index < -0.39 is 11.9 Å². The number of halogens is 2. The number of carbonyl (C=O) groups excluding carboxylic acids is 2. The summed E-state index contributed by atoms with van der Waals surface area (Å²) in [7, 11) is 0. The first-order valence-electron chi connectivity index (χ1n) is 11.6. The molecule has 0 spiro atoms. The summed E-state index contributed by atoms with van der Waals surface area (Å²) in [4.78, 5) is 27.0.